The Hall–Kier alpha value is -2.54. The summed E-state index contributed by atoms with van der Waals surface area (Å²) in [6, 6.07) is 7.36. The van der Waals surface area contributed by atoms with Crippen LogP contribution in [0.15, 0.2) is 45.6 Å². The number of carbonyl (C=O) groups excluding carboxylic acids is 1. The summed E-state index contributed by atoms with van der Waals surface area (Å²) in [4.78, 5) is 15.0. The van der Waals surface area contributed by atoms with Gasteiger partial charge in [0.15, 0.2) is 9.84 Å². The van der Waals surface area contributed by atoms with E-state index >= 15 is 0 Å². The third-order valence-corrected chi connectivity index (χ3v) is 7.63. The van der Waals surface area contributed by atoms with Gasteiger partial charge in [0.2, 0.25) is 5.91 Å². The highest BCUT2D eigenvalue weighted by Gasteiger charge is 2.35. The molecule has 1 aliphatic heterocycles. The summed E-state index contributed by atoms with van der Waals surface area (Å²) >= 11 is 0. The quantitative estimate of drug-likeness (QED) is 0.586. The lowest BCUT2D eigenvalue weighted by molar-refractivity contribution is -0.133. The number of nitrogens with zero attached hydrogens (tertiary/aromatic N) is 1. The Morgan fingerprint density at radius 1 is 1.27 bits per heavy atom. The van der Waals surface area contributed by atoms with Crippen molar-refractivity contribution in [3.63, 3.8) is 0 Å². The highest BCUT2D eigenvalue weighted by Crippen LogP contribution is 2.30. The molecule has 2 aromatic heterocycles. The van der Waals surface area contributed by atoms with Crippen molar-refractivity contribution in [3.8, 4) is 0 Å². The van der Waals surface area contributed by atoms with Crippen LogP contribution in [0.4, 0.5) is 0 Å². The van der Waals surface area contributed by atoms with E-state index < -0.39 is 9.84 Å². The number of hydrogen-bond donors (Lipinski definition) is 0. The van der Waals surface area contributed by atoms with Gasteiger partial charge in [-0.15, -0.1) is 0 Å². The van der Waals surface area contributed by atoms with Gasteiger partial charge in [0.25, 0.3) is 0 Å². The number of hydrogen-bond acceptors (Lipinski definition) is 5. The molecule has 3 aromatic rings. The van der Waals surface area contributed by atoms with E-state index in [1.54, 1.807) is 29.6 Å². The van der Waals surface area contributed by atoms with Crippen molar-refractivity contribution in [2.45, 2.75) is 52.1 Å². The summed E-state index contributed by atoms with van der Waals surface area (Å²) in [5.41, 5.74) is 3.98. The third-order valence-electron chi connectivity index (χ3n) is 5.88. The van der Waals surface area contributed by atoms with Crippen molar-refractivity contribution < 1.29 is 22.0 Å². The van der Waals surface area contributed by atoms with Gasteiger partial charge in [0, 0.05) is 17.0 Å². The van der Waals surface area contributed by atoms with E-state index in [2.05, 4.69) is 26.8 Å². The van der Waals surface area contributed by atoms with Gasteiger partial charge in [0.05, 0.1) is 37.0 Å². The molecule has 3 heterocycles. The first-order valence-electron chi connectivity index (χ1n) is 10.3. The Bertz CT molecular complexity index is 1160. The van der Waals surface area contributed by atoms with Crippen molar-refractivity contribution in [1.82, 2.24) is 4.90 Å². The number of furan rings is 2. The summed E-state index contributed by atoms with van der Waals surface area (Å²) < 4.78 is 35.2. The van der Waals surface area contributed by atoms with Crippen LogP contribution < -0.4 is 0 Å². The molecule has 1 saturated heterocycles. The maximum Gasteiger partial charge on any atom is 0.227 e. The average Bonchev–Trinajstić information content (AvgIpc) is 3.39. The monoisotopic (exact) mass is 429 g/mol. The summed E-state index contributed by atoms with van der Waals surface area (Å²) in [5.74, 6) is 1.00. The first kappa shape index (κ1) is 20.7. The predicted molar refractivity (Wildman–Crippen MR) is 115 cm³/mol. The first-order chi connectivity index (χ1) is 14.2. The van der Waals surface area contributed by atoms with Crippen LogP contribution in [0.3, 0.4) is 0 Å². The number of aryl methyl sites for hydroxylation is 1. The van der Waals surface area contributed by atoms with Gasteiger partial charge in [0.1, 0.15) is 11.3 Å². The van der Waals surface area contributed by atoms with E-state index in [1.165, 1.54) is 11.1 Å². The molecule has 4 rings (SSSR count). The van der Waals surface area contributed by atoms with Crippen molar-refractivity contribution >= 4 is 26.7 Å². The maximum atomic E-state index is 13.3. The highest BCUT2D eigenvalue weighted by atomic mass is 32.2. The van der Waals surface area contributed by atoms with Crippen LogP contribution in [0.25, 0.3) is 11.0 Å². The Morgan fingerprint density at radius 2 is 2.07 bits per heavy atom. The van der Waals surface area contributed by atoms with E-state index in [9.17, 15) is 13.2 Å². The minimum atomic E-state index is -3.11. The van der Waals surface area contributed by atoms with Gasteiger partial charge >= 0.3 is 0 Å². The molecule has 0 aliphatic carbocycles. The largest absolute Gasteiger partial charge is 0.467 e. The second kappa shape index (κ2) is 7.95. The Balaban J connectivity index is 1.63. The predicted octanol–water partition coefficient (Wildman–Crippen LogP) is 4.22. The van der Waals surface area contributed by atoms with Crippen LogP contribution in [-0.4, -0.2) is 36.8 Å². The van der Waals surface area contributed by atoms with Gasteiger partial charge in [-0.2, -0.15) is 0 Å². The number of carbonyl (C=O) groups is 1. The second-order valence-corrected chi connectivity index (χ2v) is 10.7. The molecule has 0 saturated carbocycles. The van der Waals surface area contributed by atoms with Crippen molar-refractivity contribution in [2.24, 2.45) is 0 Å². The lowest BCUT2D eigenvalue weighted by Gasteiger charge is -2.27. The van der Waals surface area contributed by atoms with Gasteiger partial charge in [-0.05, 0) is 54.7 Å². The first-order valence-corrected chi connectivity index (χ1v) is 12.1. The topological polar surface area (TPSA) is 80.7 Å². The molecule has 1 amide bonds. The Morgan fingerprint density at radius 3 is 2.70 bits per heavy atom. The van der Waals surface area contributed by atoms with Crippen LogP contribution in [0.1, 0.15) is 48.6 Å². The molecule has 30 heavy (non-hydrogen) atoms. The normalized spacial score (nSPS) is 18.3. The molecule has 0 bridgehead atoms. The number of fused-ring (bicyclic) bond motifs is 1. The number of sulfone groups is 1. The van der Waals surface area contributed by atoms with Crippen LogP contribution in [0.5, 0.6) is 0 Å². The zero-order valence-corrected chi connectivity index (χ0v) is 18.4. The molecular weight excluding hydrogens is 402 g/mol. The van der Waals surface area contributed by atoms with Gasteiger partial charge in [-0.1, -0.05) is 13.8 Å². The van der Waals surface area contributed by atoms with E-state index in [-0.39, 0.29) is 36.4 Å². The van der Waals surface area contributed by atoms with Gasteiger partial charge < -0.3 is 13.7 Å². The van der Waals surface area contributed by atoms with Gasteiger partial charge in [-0.3, -0.25) is 4.79 Å². The summed E-state index contributed by atoms with van der Waals surface area (Å²) in [7, 11) is -3.11. The average molecular weight is 430 g/mol. The molecule has 1 aliphatic rings. The minimum Gasteiger partial charge on any atom is -0.467 e. The molecule has 7 heteroatoms. The second-order valence-electron chi connectivity index (χ2n) is 8.46. The molecular formula is C23H27NO5S. The molecule has 6 nitrogen and oxygen atoms in total. The fraction of sp³-hybridized carbons (Fsp3) is 0.435. The third kappa shape index (κ3) is 4.17. The van der Waals surface area contributed by atoms with E-state index in [1.807, 2.05) is 6.07 Å². The van der Waals surface area contributed by atoms with Crippen molar-refractivity contribution in [3.05, 3.63) is 59.2 Å². The maximum absolute atomic E-state index is 13.3. The Kier molecular flexibility index (Phi) is 5.49. The number of rotatable bonds is 6. The summed E-state index contributed by atoms with van der Waals surface area (Å²) in [5, 5.41) is 0.939. The lowest BCUT2D eigenvalue weighted by atomic mass is 9.95. The summed E-state index contributed by atoms with van der Waals surface area (Å²) in [6.07, 6.45) is 3.81. The molecule has 0 radical (unpaired) electrons. The molecule has 0 spiro atoms. The SMILES string of the molecule is Cc1cc2occ(CC(=O)N(Cc3ccco3)C3CCS(=O)(=O)C3)c2cc1C(C)C. The van der Waals surface area contributed by atoms with Crippen LogP contribution in [0, 0.1) is 6.92 Å². The van der Waals surface area contributed by atoms with Crippen molar-refractivity contribution in [1.29, 1.82) is 0 Å². The zero-order valence-electron chi connectivity index (χ0n) is 17.6. The van der Waals surface area contributed by atoms with E-state index in [0.29, 0.717) is 18.1 Å². The standard InChI is InChI=1S/C23H27NO5S/c1-15(2)20-11-21-17(13-29-22(21)9-16(20)3)10-23(25)24(12-19-5-4-7-28-19)18-6-8-30(26,27)14-18/h4-5,7,9,11,13,15,18H,6,8,10,12,14H2,1-3H3. The molecule has 0 N–H and O–H groups in total. The fourth-order valence-corrected chi connectivity index (χ4v) is 6.01. The van der Waals surface area contributed by atoms with E-state index in [0.717, 1.165) is 16.5 Å². The molecule has 1 aromatic carbocycles. The smallest absolute Gasteiger partial charge is 0.227 e. The fourth-order valence-electron chi connectivity index (χ4n) is 4.28. The summed E-state index contributed by atoms with van der Waals surface area (Å²) in [6.45, 7) is 6.61. The molecule has 1 fully saturated rings. The molecule has 1 unspecified atom stereocenters. The Labute approximate surface area is 176 Å². The zero-order chi connectivity index (χ0) is 21.5. The molecule has 1 atom stereocenters. The van der Waals surface area contributed by atoms with Gasteiger partial charge in [-0.25, -0.2) is 8.42 Å². The van der Waals surface area contributed by atoms with E-state index in [4.69, 9.17) is 8.83 Å². The minimum absolute atomic E-state index is 0.00226. The van der Waals surface area contributed by atoms with Crippen molar-refractivity contribution in [2.75, 3.05) is 11.5 Å². The number of amides is 1. The molecule has 160 valence electrons. The van der Waals surface area contributed by atoms with Crippen LogP contribution in [0.2, 0.25) is 0 Å². The lowest BCUT2D eigenvalue weighted by Crippen LogP contribution is -2.41. The van der Waals surface area contributed by atoms with Crippen LogP contribution >= 0.6 is 0 Å². The van der Waals surface area contributed by atoms with Crippen LogP contribution in [-0.2, 0) is 27.6 Å². The number of benzene rings is 1. The highest BCUT2D eigenvalue weighted by molar-refractivity contribution is 7.91.